The Morgan fingerprint density at radius 2 is 1.92 bits per heavy atom. The van der Waals surface area contributed by atoms with Crippen molar-refractivity contribution in [3.8, 4) is 0 Å². The van der Waals surface area contributed by atoms with Crippen molar-refractivity contribution in [2.24, 2.45) is 0 Å². The Labute approximate surface area is 160 Å². The Kier molecular flexibility index (Phi) is 5.34. The second-order valence-corrected chi connectivity index (χ2v) is 8.77. The Morgan fingerprint density at radius 1 is 1.16 bits per heavy atom. The zero-order valence-electron chi connectivity index (χ0n) is 13.2. The third kappa shape index (κ3) is 4.33. The van der Waals surface area contributed by atoms with Crippen molar-refractivity contribution in [3.63, 3.8) is 0 Å². The van der Waals surface area contributed by atoms with Crippen molar-refractivity contribution >= 4 is 49.7 Å². The average molecular weight is 413 g/mol. The number of aromatic nitrogens is 1. The predicted molar refractivity (Wildman–Crippen MR) is 103 cm³/mol. The standard InChI is InChI=1S/C17H14Cl2N2O2S2/c1-11-15(19)6-3-7-16(11)25(22,23)21-17-20-14(10-24-17)9-12-4-2-5-13(18)8-12/h2-8,10H,9H2,1H3,(H,20,21). The van der Waals surface area contributed by atoms with E-state index in [1.807, 2.05) is 23.6 Å². The highest BCUT2D eigenvalue weighted by Crippen LogP contribution is 2.26. The number of hydrogen-bond donors (Lipinski definition) is 1. The number of sulfonamides is 1. The molecular weight excluding hydrogens is 399 g/mol. The van der Waals surface area contributed by atoms with Crippen molar-refractivity contribution in [2.45, 2.75) is 18.2 Å². The second kappa shape index (κ2) is 7.33. The third-order valence-corrected chi connectivity index (χ3v) is 6.62. The first-order valence-corrected chi connectivity index (χ1v) is 10.4. The van der Waals surface area contributed by atoms with Crippen LogP contribution in [0.4, 0.5) is 5.13 Å². The highest BCUT2D eigenvalue weighted by molar-refractivity contribution is 7.93. The van der Waals surface area contributed by atoms with Gasteiger partial charge in [0.15, 0.2) is 5.13 Å². The van der Waals surface area contributed by atoms with Gasteiger partial charge in [-0.05, 0) is 42.3 Å². The molecule has 0 aliphatic carbocycles. The molecule has 2 aromatic carbocycles. The number of nitrogens with zero attached hydrogens (tertiary/aromatic N) is 1. The number of thiazole rings is 1. The second-order valence-electron chi connectivity index (χ2n) is 5.42. The third-order valence-electron chi connectivity index (χ3n) is 3.56. The molecule has 0 unspecified atom stereocenters. The van der Waals surface area contributed by atoms with Gasteiger partial charge in [0.05, 0.1) is 10.6 Å². The first-order valence-electron chi connectivity index (χ1n) is 7.32. The molecule has 3 aromatic rings. The van der Waals surface area contributed by atoms with Gasteiger partial charge < -0.3 is 0 Å². The summed E-state index contributed by atoms with van der Waals surface area (Å²) in [6.07, 6.45) is 0.578. The molecule has 3 rings (SSSR count). The fourth-order valence-electron chi connectivity index (χ4n) is 2.34. The number of hydrogen-bond acceptors (Lipinski definition) is 4. The van der Waals surface area contributed by atoms with Crippen molar-refractivity contribution in [2.75, 3.05) is 4.72 Å². The smallest absolute Gasteiger partial charge is 0.255 e. The highest BCUT2D eigenvalue weighted by Gasteiger charge is 2.19. The van der Waals surface area contributed by atoms with Gasteiger partial charge in [0.2, 0.25) is 0 Å². The molecule has 0 radical (unpaired) electrons. The van der Waals surface area contributed by atoms with E-state index >= 15 is 0 Å². The number of anilines is 1. The summed E-state index contributed by atoms with van der Waals surface area (Å²) in [6.45, 7) is 1.67. The van der Waals surface area contributed by atoms with E-state index in [1.54, 1.807) is 25.1 Å². The first-order chi connectivity index (χ1) is 11.8. The largest absolute Gasteiger partial charge is 0.263 e. The normalized spacial score (nSPS) is 11.5. The van der Waals surface area contributed by atoms with Gasteiger partial charge in [0.25, 0.3) is 10.0 Å². The van der Waals surface area contributed by atoms with Crippen LogP contribution in [0.15, 0.2) is 52.7 Å². The van der Waals surface area contributed by atoms with Gasteiger partial charge in [-0.25, -0.2) is 13.4 Å². The number of benzene rings is 2. The topological polar surface area (TPSA) is 59.1 Å². The summed E-state index contributed by atoms with van der Waals surface area (Å²) in [7, 11) is -3.74. The Hall–Kier alpha value is -1.60. The van der Waals surface area contributed by atoms with Crippen LogP contribution in [0.1, 0.15) is 16.8 Å². The van der Waals surface area contributed by atoms with Crippen LogP contribution in [-0.2, 0) is 16.4 Å². The Bertz CT molecular complexity index is 1020. The molecule has 1 heterocycles. The van der Waals surface area contributed by atoms with Gasteiger partial charge in [0.1, 0.15) is 0 Å². The molecular formula is C17H14Cl2N2O2S2. The van der Waals surface area contributed by atoms with Gasteiger partial charge in [-0.1, -0.05) is 41.4 Å². The van der Waals surface area contributed by atoms with E-state index in [0.717, 1.165) is 11.3 Å². The Balaban J connectivity index is 1.80. The van der Waals surface area contributed by atoms with Crippen LogP contribution in [0.2, 0.25) is 10.0 Å². The van der Waals surface area contributed by atoms with Crippen LogP contribution in [0.5, 0.6) is 0 Å². The lowest BCUT2D eigenvalue weighted by Gasteiger charge is -2.09. The molecule has 0 amide bonds. The SMILES string of the molecule is Cc1c(Cl)cccc1S(=O)(=O)Nc1nc(Cc2cccc(Cl)c2)cs1. The van der Waals surface area contributed by atoms with E-state index in [9.17, 15) is 8.42 Å². The lowest BCUT2D eigenvalue weighted by Crippen LogP contribution is -2.14. The number of nitrogens with one attached hydrogen (secondary N) is 1. The zero-order chi connectivity index (χ0) is 18.0. The maximum Gasteiger partial charge on any atom is 0.263 e. The molecule has 0 aliphatic heterocycles. The maximum absolute atomic E-state index is 12.6. The monoisotopic (exact) mass is 412 g/mol. The van der Waals surface area contributed by atoms with Gasteiger partial charge in [0, 0.05) is 21.8 Å². The minimum atomic E-state index is -3.74. The van der Waals surface area contributed by atoms with Crippen LogP contribution in [0.3, 0.4) is 0 Å². The van der Waals surface area contributed by atoms with E-state index in [4.69, 9.17) is 23.2 Å². The molecule has 130 valence electrons. The van der Waals surface area contributed by atoms with Crippen LogP contribution in [0.25, 0.3) is 0 Å². The molecule has 0 saturated heterocycles. The van der Waals surface area contributed by atoms with Crippen molar-refractivity contribution in [1.82, 2.24) is 4.98 Å². The molecule has 25 heavy (non-hydrogen) atoms. The molecule has 0 atom stereocenters. The first kappa shape index (κ1) is 18.2. The lowest BCUT2D eigenvalue weighted by molar-refractivity contribution is 0.600. The molecule has 0 fully saturated rings. The summed E-state index contributed by atoms with van der Waals surface area (Å²) in [5.74, 6) is 0. The molecule has 4 nitrogen and oxygen atoms in total. The molecule has 0 bridgehead atoms. The molecule has 1 N–H and O–H groups in total. The molecule has 0 saturated carbocycles. The minimum Gasteiger partial charge on any atom is -0.255 e. The van der Waals surface area contributed by atoms with Gasteiger partial charge in [-0.15, -0.1) is 11.3 Å². The minimum absolute atomic E-state index is 0.145. The zero-order valence-corrected chi connectivity index (χ0v) is 16.3. The van der Waals surface area contributed by atoms with Crippen LogP contribution in [0, 0.1) is 6.92 Å². The molecule has 8 heteroatoms. The maximum atomic E-state index is 12.6. The number of halogens is 2. The van der Waals surface area contributed by atoms with Gasteiger partial charge in [-0.3, -0.25) is 4.72 Å². The van der Waals surface area contributed by atoms with Gasteiger partial charge >= 0.3 is 0 Å². The summed E-state index contributed by atoms with van der Waals surface area (Å²) >= 11 is 13.2. The van der Waals surface area contributed by atoms with Gasteiger partial charge in [-0.2, -0.15) is 0 Å². The summed E-state index contributed by atoms with van der Waals surface area (Å²) in [5, 5.41) is 3.20. The summed E-state index contributed by atoms with van der Waals surface area (Å²) < 4.78 is 27.6. The summed E-state index contributed by atoms with van der Waals surface area (Å²) in [6, 6.07) is 12.3. The summed E-state index contributed by atoms with van der Waals surface area (Å²) in [5.41, 5.74) is 2.29. The van der Waals surface area contributed by atoms with E-state index in [0.29, 0.717) is 27.2 Å². The summed E-state index contributed by atoms with van der Waals surface area (Å²) in [4.78, 5) is 4.50. The van der Waals surface area contributed by atoms with Crippen molar-refractivity contribution in [3.05, 3.63) is 74.7 Å². The fourth-order valence-corrected chi connectivity index (χ4v) is 5.01. The quantitative estimate of drug-likeness (QED) is 0.629. The highest BCUT2D eigenvalue weighted by atomic mass is 35.5. The van der Waals surface area contributed by atoms with E-state index in [2.05, 4.69) is 9.71 Å². The number of rotatable bonds is 5. The molecule has 0 aliphatic rings. The average Bonchev–Trinajstić information content (AvgIpc) is 2.96. The lowest BCUT2D eigenvalue weighted by atomic mass is 10.1. The molecule has 1 aromatic heterocycles. The van der Waals surface area contributed by atoms with Crippen molar-refractivity contribution < 1.29 is 8.42 Å². The fraction of sp³-hybridized carbons (Fsp3) is 0.118. The Morgan fingerprint density at radius 3 is 2.68 bits per heavy atom. The van der Waals surface area contributed by atoms with Crippen LogP contribution >= 0.6 is 34.5 Å². The van der Waals surface area contributed by atoms with Crippen LogP contribution in [-0.4, -0.2) is 13.4 Å². The van der Waals surface area contributed by atoms with E-state index in [1.165, 1.54) is 17.4 Å². The van der Waals surface area contributed by atoms with Crippen LogP contribution < -0.4 is 4.72 Å². The predicted octanol–water partition coefficient (Wildman–Crippen LogP) is 5.15. The molecule has 0 spiro atoms. The van der Waals surface area contributed by atoms with E-state index in [-0.39, 0.29) is 4.90 Å². The van der Waals surface area contributed by atoms with Crippen molar-refractivity contribution in [1.29, 1.82) is 0 Å². The van der Waals surface area contributed by atoms with E-state index < -0.39 is 10.0 Å².